The predicted molar refractivity (Wildman–Crippen MR) is 142 cm³/mol. The van der Waals surface area contributed by atoms with E-state index in [0.29, 0.717) is 10.1 Å². The van der Waals surface area contributed by atoms with Gasteiger partial charge in [-0.15, -0.1) is 11.3 Å². The number of fused-ring (bicyclic) bond motifs is 4. The first-order valence-electron chi connectivity index (χ1n) is 11.2. The van der Waals surface area contributed by atoms with Gasteiger partial charge in [-0.3, -0.25) is 4.98 Å². The Morgan fingerprint density at radius 3 is 2.27 bits per heavy atom. The Kier molecular flexibility index (Phi) is 5.00. The van der Waals surface area contributed by atoms with E-state index in [0.717, 1.165) is 26.7 Å². The van der Waals surface area contributed by atoms with Crippen molar-refractivity contribution in [3.05, 3.63) is 71.9 Å². The Bertz CT molecular complexity index is 1550. The van der Waals surface area contributed by atoms with Crippen LogP contribution in [0.15, 0.2) is 54.7 Å². The molecule has 1 nitrogen and oxygen atoms in total. The quantitative estimate of drug-likeness (QED) is 0.234. The molecule has 0 atom stereocenters. The molecule has 0 unspecified atom stereocenters. The summed E-state index contributed by atoms with van der Waals surface area (Å²) in [6.45, 7) is 12.6. The van der Waals surface area contributed by atoms with Crippen LogP contribution in [0, 0.1) is 11.6 Å². The fourth-order valence-electron chi connectivity index (χ4n) is 4.73. The molecule has 3 aromatic carbocycles. The van der Waals surface area contributed by atoms with Gasteiger partial charge in [0.05, 0.1) is 23.2 Å². The lowest BCUT2D eigenvalue weighted by Gasteiger charge is -2.22. The Morgan fingerprint density at radius 1 is 0.848 bits per heavy atom. The number of rotatable bonds is 2. The topological polar surface area (TPSA) is 12.9 Å². The maximum atomic E-state index is 15.6. The van der Waals surface area contributed by atoms with Crippen LogP contribution < -0.4 is 5.19 Å². The number of hydrogen-bond acceptors (Lipinski definition) is 2. The number of pyridine rings is 1. The van der Waals surface area contributed by atoms with Crippen LogP contribution >= 0.6 is 11.3 Å². The molecule has 5 rings (SSSR count). The lowest BCUT2D eigenvalue weighted by atomic mass is 9.82. The number of nitrogens with zero attached hydrogens (tertiary/aromatic N) is 1. The van der Waals surface area contributed by atoms with Crippen LogP contribution in [0.25, 0.3) is 42.2 Å². The summed E-state index contributed by atoms with van der Waals surface area (Å²) >= 11 is 1.39. The molecule has 2 heterocycles. The van der Waals surface area contributed by atoms with E-state index in [9.17, 15) is 0 Å². The number of aromatic nitrogens is 1. The zero-order valence-corrected chi connectivity index (χ0v) is 21.6. The van der Waals surface area contributed by atoms with Crippen LogP contribution in [0.1, 0.15) is 26.3 Å². The lowest BCUT2D eigenvalue weighted by Crippen LogP contribution is -2.42. The largest absolute Gasteiger partial charge is 0.255 e. The second kappa shape index (κ2) is 7.44. The molecule has 0 amide bonds. The molecule has 0 bridgehead atoms. The Balaban J connectivity index is 1.85. The molecule has 0 saturated carbocycles. The molecular weight excluding hydrogens is 448 g/mol. The second-order valence-corrected chi connectivity index (χ2v) is 16.8. The van der Waals surface area contributed by atoms with Gasteiger partial charge < -0.3 is 0 Å². The zero-order valence-electron chi connectivity index (χ0n) is 19.8. The van der Waals surface area contributed by atoms with Crippen molar-refractivity contribution in [1.29, 1.82) is 0 Å². The van der Waals surface area contributed by atoms with Crippen molar-refractivity contribution in [2.45, 2.75) is 45.8 Å². The molecule has 0 aliphatic carbocycles. The molecule has 2 aromatic heterocycles. The molecule has 0 radical (unpaired) electrons. The fourth-order valence-corrected chi connectivity index (χ4v) is 7.62. The van der Waals surface area contributed by atoms with E-state index >= 15 is 8.78 Å². The van der Waals surface area contributed by atoms with Crippen molar-refractivity contribution in [2.24, 2.45) is 0 Å². The number of halogens is 2. The van der Waals surface area contributed by atoms with Gasteiger partial charge in [0.1, 0.15) is 11.6 Å². The zero-order chi connectivity index (χ0) is 23.7. The maximum Gasteiger partial charge on any atom is 0.143 e. The SMILES string of the molecule is CC(C)(C)c1cc(-c2nccc3c2sc2c(F)c([Si](C)(C)C)c(F)cc23)cc2ccccc12. The van der Waals surface area contributed by atoms with Crippen molar-refractivity contribution in [3.63, 3.8) is 0 Å². The molecule has 5 aromatic rings. The first-order chi connectivity index (χ1) is 15.5. The molecular formula is C28H27F2NSSi. The van der Waals surface area contributed by atoms with Gasteiger partial charge >= 0.3 is 0 Å². The third kappa shape index (κ3) is 3.58. The molecule has 0 aliphatic rings. The standard InChI is InChI=1S/C28H27F2NSSi/c1-28(2,3)21-14-17(13-16-9-7-8-10-18(16)21)24-26-19(11-12-31-24)20-15-22(29)27(33(4,5)6)23(30)25(20)32-26/h7-15H,1-6H3. The number of benzene rings is 3. The lowest BCUT2D eigenvalue weighted by molar-refractivity contribution is 0.596. The minimum Gasteiger partial charge on any atom is -0.255 e. The van der Waals surface area contributed by atoms with E-state index in [1.165, 1.54) is 28.4 Å². The van der Waals surface area contributed by atoms with E-state index in [1.54, 1.807) is 6.20 Å². The van der Waals surface area contributed by atoms with Gasteiger partial charge in [-0.05, 0) is 46.0 Å². The maximum absolute atomic E-state index is 15.6. The molecule has 0 fully saturated rings. The summed E-state index contributed by atoms with van der Waals surface area (Å²) in [6, 6.07) is 16.1. The Labute approximate surface area is 198 Å². The van der Waals surface area contributed by atoms with Gasteiger partial charge in [0.2, 0.25) is 0 Å². The smallest absolute Gasteiger partial charge is 0.143 e. The first-order valence-corrected chi connectivity index (χ1v) is 15.5. The molecule has 0 N–H and O–H groups in total. The van der Waals surface area contributed by atoms with Gasteiger partial charge in [0, 0.05) is 27.7 Å². The van der Waals surface area contributed by atoms with E-state index in [4.69, 9.17) is 4.98 Å². The average molecular weight is 476 g/mol. The van der Waals surface area contributed by atoms with E-state index in [1.807, 2.05) is 31.8 Å². The molecule has 168 valence electrons. The minimum atomic E-state index is -2.18. The molecule has 0 aliphatic heterocycles. The third-order valence-corrected chi connectivity index (χ3v) is 9.44. The molecule has 5 heteroatoms. The molecule has 0 saturated heterocycles. The van der Waals surface area contributed by atoms with Crippen molar-refractivity contribution >= 4 is 55.5 Å². The summed E-state index contributed by atoms with van der Waals surface area (Å²) in [5.74, 6) is -0.830. The Morgan fingerprint density at radius 2 is 1.58 bits per heavy atom. The van der Waals surface area contributed by atoms with Gasteiger partial charge in [-0.1, -0.05) is 64.7 Å². The van der Waals surface area contributed by atoms with Crippen LogP contribution in [0.4, 0.5) is 8.78 Å². The number of hydrogen-bond donors (Lipinski definition) is 0. The summed E-state index contributed by atoms with van der Waals surface area (Å²) in [4.78, 5) is 4.73. The summed E-state index contributed by atoms with van der Waals surface area (Å²) in [5, 5.41) is 4.14. The van der Waals surface area contributed by atoms with Crippen LogP contribution in [0.2, 0.25) is 19.6 Å². The monoisotopic (exact) mass is 475 g/mol. The minimum absolute atomic E-state index is 0.0504. The van der Waals surface area contributed by atoms with Crippen LogP contribution in [0.3, 0.4) is 0 Å². The average Bonchev–Trinajstić information content (AvgIpc) is 3.10. The summed E-state index contributed by atoms with van der Waals surface area (Å²) in [7, 11) is -2.18. The van der Waals surface area contributed by atoms with Crippen LogP contribution in [-0.2, 0) is 5.41 Å². The summed E-state index contributed by atoms with van der Waals surface area (Å²) in [5.41, 5.74) is 3.01. The van der Waals surface area contributed by atoms with Gasteiger partial charge in [0.25, 0.3) is 0 Å². The van der Waals surface area contributed by atoms with Crippen molar-refractivity contribution < 1.29 is 8.78 Å². The van der Waals surface area contributed by atoms with Gasteiger partial charge in [-0.25, -0.2) is 8.78 Å². The highest BCUT2D eigenvalue weighted by Gasteiger charge is 2.28. The van der Waals surface area contributed by atoms with Gasteiger partial charge in [-0.2, -0.15) is 0 Å². The van der Waals surface area contributed by atoms with Gasteiger partial charge in [0.15, 0.2) is 0 Å². The normalized spacial score (nSPS) is 12.8. The van der Waals surface area contributed by atoms with Crippen molar-refractivity contribution in [1.82, 2.24) is 4.98 Å². The van der Waals surface area contributed by atoms with E-state index in [-0.39, 0.29) is 10.6 Å². The van der Waals surface area contributed by atoms with Crippen molar-refractivity contribution in [2.75, 3.05) is 0 Å². The fraction of sp³-hybridized carbons (Fsp3) is 0.250. The summed E-state index contributed by atoms with van der Waals surface area (Å²) in [6.07, 6.45) is 1.75. The second-order valence-electron chi connectivity index (χ2n) is 10.8. The van der Waals surface area contributed by atoms with E-state index < -0.39 is 19.7 Å². The van der Waals surface area contributed by atoms with Crippen LogP contribution in [0.5, 0.6) is 0 Å². The highest BCUT2D eigenvalue weighted by atomic mass is 32.1. The van der Waals surface area contributed by atoms with Crippen molar-refractivity contribution in [3.8, 4) is 11.3 Å². The first kappa shape index (κ1) is 22.2. The Hall–Kier alpha value is -2.63. The highest BCUT2D eigenvalue weighted by Crippen LogP contribution is 2.42. The van der Waals surface area contributed by atoms with E-state index in [2.05, 4.69) is 51.1 Å². The third-order valence-electron chi connectivity index (χ3n) is 6.27. The molecule has 0 spiro atoms. The van der Waals surface area contributed by atoms with Crippen LogP contribution in [-0.4, -0.2) is 13.1 Å². The highest BCUT2D eigenvalue weighted by molar-refractivity contribution is 7.26. The molecule has 33 heavy (non-hydrogen) atoms. The number of thiophene rings is 1. The predicted octanol–water partition coefficient (Wildman–Crippen LogP) is 8.39. The summed E-state index contributed by atoms with van der Waals surface area (Å²) < 4.78 is 32.1.